The Kier molecular flexibility index (Phi) is 8.10. The number of hydrogen-bond donors (Lipinski definition) is 2. The molecule has 0 bridgehead atoms. The van der Waals surface area contributed by atoms with Crippen LogP contribution in [0.3, 0.4) is 0 Å². The van der Waals surface area contributed by atoms with Gasteiger partial charge in [0.05, 0.1) is 0 Å². The molecule has 0 fully saturated rings. The van der Waals surface area contributed by atoms with Gasteiger partial charge in [-0.3, -0.25) is 4.79 Å². The Labute approximate surface area is 124 Å². The Hall–Kier alpha value is -1.90. The number of carbonyl (C=O) groups is 1. The minimum absolute atomic E-state index is 0.119. The van der Waals surface area contributed by atoms with Gasteiger partial charge in [-0.05, 0) is 31.5 Å². The molecule has 1 aromatic carbocycles. The summed E-state index contributed by atoms with van der Waals surface area (Å²) >= 11 is 0. The number of aliphatic hydroxyl groups excluding tert-OH is 1. The van der Waals surface area contributed by atoms with Gasteiger partial charge in [-0.25, -0.2) is 4.39 Å². The molecule has 0 saturated heterocycles. The summed E-state index contributed by atoms with van der Waals surface area (Å²) in [5.41, 5.74) is 0.976. The van der Waals surface area contributed by atoms with Crippen molar-refractivity contribution >= 4 is 5.91 Å². The predicted octanol–water partition coefficient (Wildman–Crippen LogP) is 1.60. The standard InChI is InChI=1S/C16H20FNO3/c1-2-21-10-4-6-16(20)18-12-14-11-13(5-3-9-19)7-8-15(14)17/h7-8,11,19H,2,4,6,9-10,12H2,1H3,(H,18,20). The molecule has 0 radical (unpaired) electrons. The van der Waals surface area contributed by atoms with E-state index in [1.165, 1.54) is 12.1 Å². The van der Waals surface area contributed by atoms with Crippen molar-refractivity contribution in [3.05, 3.63) is 35.1 Å². The molecule has 1 amide bonds. The Bertz CT molecular complexity index is 520. The first kappa shape index (κ1) is 17.2. The largest absolute Gasteiger partial charge is 0.384 e. The molecule has 0 unspecified atom stereocenters. The SMILES string of the molecule is CCOCCCC(=O)NCc1cc(C#CCO)ccc1F. The molecule has 4 nitrogen and oxygen atoms in total. The van der Waals surface area contributed by atoms with Gasteiger partial charge in [-0.1, -0.05) is 11.8 Å². The third-order valence-corrected chi connectivity index (χ3v) is 2.73. The van der Waals surface area contributed by atoms with Crippen molar-refractivity contribution in [1.82, 2.24) is 5.32 Å². The third kappa shape index (κ3) is 6.89. The summed E-state index contributed by atoms with van der Waals surface area (Å²) in [7, 11) is 0. The third-order valence-electron chi connectivity index (χ3n) is 2.73. The van der Waals surface area contributed by atoms with Crippen molar-refractivity contribution in [2.45, 2.75) is 26.3 Å². The predicted molar refractivity (Wildman–Crippen MR) is 77.9 cm³/mol. The van der Waals surface area contributed by atoms with E-state index >= 15 is 0 Å². The molecular formula is C16H20FNO3. The van der Waals surface area contributed by atoms with Crippen LogP contribution < -0.4 is 5.32 Å². The molecule has 0 saturated carbocycles. The Morgan fingerprint density at radius 3 is 3.00 bits per heavy atom. The molecule has 0 spiro atoms. The van der Waals surface area contributed by atoms with Gasteiger partial charge in [0, 0.05) is 37.3 Å². The average Bonchev–Trinajstić information content (AvgIpc) is 2.49. The lowest BCUT2D eigenvalue weighted by atomic mass is 10.1. The van der Waals surface area contributed by atoms with Gasteiger partial charge in [0.1, 0.15) is 12.4 Å². The molecule has 114 valence electrons. The second-order valence-corrected chi connectivity index (χ2v) is 4.34. The van der Waals surface area contributed by atoms with Gasteiger partial charge >= 0.3 is 0 Å². The van der Waals surface area contributed by atoms with Crippen LogP contribution >= 0.6 is 0 Å². The second-order valence-electron chi connectivity index (χ2n) is 4.34. The molecule has 1 aromatic rings. The first-order chi connectivity index (χ1) is 10.2. The van der Waals surface area contributed by atoms with E-state index in [1.807, 2.05) is 6.92 Å². The van der Waals surface area contributed by atoms with Crippen LogP contribution in [0.25, 0.3) is 0 Å². The zero-order valence-corrected chi connectivity index (χ0v) is 12.1. The van der Waals surface area contributed by atoms with E-state index < -0.39 is 0 Å². The highest BCUT2D eigenvalue weighted by Crippen LogP contribution is 2.10. The molecule has 0 atom stereocenters. The average molecular weight is 293 g/mol. The summed E-state index contributed by atoms with van der Waals surface area (Å²) in [6.07, 6.45) is 0.996. The monoisotopic (exact) mass is 293 g/mol. The van der Waals surface area contributed by atoms with Crippen LogP contribution in [0.15, 0.2) is 18.2 Å². The van der Waals surface area contributed by atoms with E-state index in [0.717, 1.165) is 0 Å². The first-order valence-corrected chi connectivity index (χ1v) is 6.90. The van der Waals surface area contributed by atoms with Gasteiger partial charge in [-0.15, -0.1) is 0 Å². The molecule has 1 rings (SSSR count). The maximum atomic E-state index is 13.6. The summed E-state index contributed by atoms with van der Waals surface area (Å²) in [4.78, 5) is 11.6. The lowest BCUT2D eigenvalue weighted by Gasteiger charge is -2.07. The van der Waals surface area contributed by atoms with Crippen LogP contribution in [0.1, 0.15) is 30.9 Å². The number of rotatable bonds is 7. The highest BCUT2D eigenvalue weighted by molar-refractivity contribution is 5.75. The molecule has 0 aliphatic rings. The number of nitrogens with one attached hydrogen (secondary N) is 1. The van der Waals surface area contributed by atoms with Crippen molar-refractivity contribution in [2.75, 3.05) is 19.8 Å². The number of hydrogen-bond acceptors (Lipinski definition) is 3. The normalized spacial score (nSPS) is 9.86. The minimum atomic E-state index is -0.390. The van der Waals surface area contributed by atoms with E-state index in [0.29, 0.717) is 37.2 Å². The zero-order chi connectivity index (χ0) is 15.5. The Balaban J connectivity index is 2.48. The van der Waals surface area contributed by atoms with Crippen LogP contribution in [0.4, 0.5) is 4.39 Å². The topological polar surface area (TPSA) is 58.6 Å². The fourth-order valence-electron chi connectivity index (χ4n) is 1.69. The van der Waals surface area contributed by atoms with Gasteiger partial charge in [-0.2, -0.15) is 0 Å². The van der Waals surface area contributed by atoms with Crippen LogP contribution in [0.5, 0.6) is 0 Å². The van der Waals surface area contributed by atoms with Crippen molar-refractivity contribution in [1.29, 1.82) is 0 Å². The summed E-state index contributed by atoms with van der Waals surface area (Å²) in [6.45, 7) is 2.95. The maximum Gasteiger partial charge on any atom is 0.220 e. The number of aliphatic hydroxyl groups is 1. The molecule has 0 heterocycles. The quantitative estimate of drug-likeness (QED) is 0.593. The number of carbonyl (C=O) groups excluding carboxylic acids is 1. The molecule has 5 heteroatoms. The fourth-order valence-corrected chi connectivity index (χ4v) is 1.69. The van der Waals surface area contributed by atoms with Gasteiger partial charge in [0.25, 0.3) is 0 Å². The molecule has 2 N–H and O–H groups in total. The summed E-state index contributed by atoms with van der Waals surface area (Å²) in [5, 5.41) is 11.3. The number of amides is 1. The highest BCUT2D eigenvalue weighted by Gasteiger charge is 2.06. The maximum absolute atomic E-state index is 13.6. The van der Waals surface area contributed by atoms with Crippen molar-refractivity contribution < 1.29 is 19.0 Å². The first-order valence-electron chi connectivity index (χ1n) is 6.90. The minimum Gasteiger partial charge on any atom is -0.384 e. The smallest absolute Gasteiger partial charge is 0.220 e. The number of benzene rings is 1. The van der Waals surface area contributed by atoms with Crippen LogP contribution in [-0.2, 0) is 16.1 Å². The molecule has 0 aliphatic heterocycles. The molecule has 0 aliphatic carbocycles. The van der Waals surface area contributed by atoms with Gasteiger partial charge < -0.3 is 15.2 Å². The van der Waals surface area contributed by atoms with E-state index in [9.17, 15) is 9.18 Å². The van der Waals surface area contributed by atoms with Crippen LogP contribution in [0, 0.1) is 17.7 Å². The van der Waals surface area contributed by atoms with Gasteiger partial charge in [0.2, 0.25) is 5.91 Å². The summed E-state index contributed by atoms with van der Waals surface area (Å²) < 4.78 is 18.8. The van der Waals surface area contributed by atoms with E-state index in [1.54, 1.807) is 6.07 Å². The molecule has 0 aromatic heterocycles. The summed E-state index contributed by atoms with van der Waals surface area (Å²) in [5.74, 6) is 4.67. The summed E-state index contributed by atoms with van der Waals surface area (Å²) in [6, 6.07) is 4.40. The zero-order valence-electron chi connectivity index (χ0n) is 12.1. The lowest BCUT2D eigenvalue weighted by molar-refractivity contribution is -0.121. The number of ether oxygens (including phenoxy) is 1. The van der Waals surface area contributed by atoms with E-state index in [-0.39, 0.29) is 24.9 Å². The Morgan fingerprint density at radius 1 is 1.48 bits per heavy atom. The Morgan fingerprint density at radius 2 is 2.29 bits per heavy atom. The lowest BCUT2D eigenvalue weighted by Crippen LogP contribution is -2.23. The van der Waals surface area contributed by atoms with E-state index in [2.05, 4.69) is 17.2 Å². The van der Waals surface area contributed by atoms with Crippen molar-refractivity contribution in [3.8, 4) is 11.8 Å². The molecule has 21 heavy (non-hydrogen) atoms. The van der Waals surface area contributed by atoms with Gasteiger partial charge in [0.15, 0.2) is 0 Å². The highest BCUT2D eigenvalue weighted by atomic mass is 19.1. The molecular weight excluding hydrogens is 273 g/mol. The van der Waals surface area contributed by atoms with Crippen molar-refractivity contribution in [3.63, 3.8) is 0 Å². The number of halogens is 1. The second kappa shape index (κ2) is 9.92. The fraction of sp³-hybridized carbons (Fsp3) is 0.438. The van der Waals surface area contributed by atoms with Crippen molar-refractivity contribution in [2.24, 2.45) is 0 Å². The van der Waals surface area contributed by atoms with E-state index in [4.69, 9.17) is 9.84 Å². The van der Waals surface area contributed by atoms with Crippen LogP contribution in [-0.4, -0.2) is 30.8 Å². The van der Waals surface area contributed by atoms with Crippen LogP contribution in [0.2, 0.25) is 0 Å².